The van der Waals surface area contributed by atoms with E-state index in [1.165, 1.54) is 17.9 Å². The molecular formula is C10H9BrN2O4S. The van der Waals surface area contributed by atoms with Crippen molar-refractivity contribution in [2.45, 2.75) is 17.9 Å². The summed E-state index contributed by atoms with van der Waals surface area (Å²) in [5.41, 5.74) is 0.300. The fraction of sp³-hybridized carbons (Fsp3) is 0.200. The number of sulfonamides is 1. The number of nitrogens with zero attached hydrogens (tertiary/aromatic N) is 2. The lowest BCUT2D eigenvalue weighted by Gasteiger charge is -2.28. The molecule has 0 fully saturated rings. The Morgan fingerprint density at radius 1 is 1.50 bits per heavy atom. The maximum absolute atomic E-state index is 11.7. The Labute approximate surface area is 112 Å². The Morgan fingerprint density at radius 3 is 2.78 bits per heavy atom. The van der Waals surface area contributed by atoms with Crippen molar-refractivity contribution in [2.24, 2.45) is 4.40 Å². The molecule has 6 nitrogen and oxygen atoms in total. The molecule has 1 atom stereocenters. The van der Waals surface area contributed by atoms with Crippen LogP contribution >= 0.6 is 15.9 Å². The highest BCUT2D eigenvalue weighted by atomic mass is 79.9. The van der Waals surface area contributed by atoms with Gasteiger partial charge in [-0.3, -0.25) is 0 Å². The second kappa shape index (κ2) is 4.36. The third-order valence-electron chi connectivity index (χ3n) is 2.56. The summed E-state index contributed by atoms with van der Waals surface area (Å²) in [6.45, 7) is 1.46. The molecule has 1 aromatic carbocycles. The maximum atomic E-state index is 11.7. The third-order valence-corrected chi connectivity index (χ3v) is 4.33. The van der Waals surface area contributed by atoms with Crippen LogP contribution in [-0.2, 0) is 14.8 Å². The Bertz CT molecular complexity index is 641. The number of fused-ring (bicyclic) bond motifs is 1. The van der Waals surface area contributed by atoms with Gasteiger partial charge in [-0.15, -0.1) is 4.40 Å². The van der Waals surface area contributed by atoms with Gasteiger partial charge in [0.2, 0.25) is 0 Å². The summed E-state index contributed by atoms with van der Waals surface area (Å²) >= 11 is 3.23. The fourth-order valence-electron chi connectivity index (χ4n) is 1.57. The van der Waals surface area contributed by atoms with Crippen LogP contribution in [0.2, 0.25) is 0 Å². The molecule has 0 aromatic heterocycles. The van der Waals surface area contributed by atoms with Gasteiger partial charge in [0.25, 0.3) is 10.0 Å². The number of benzene rings is 1. The summed E-state index contributed by atoms with van der Waals surface area (Å²) in [7, 11) is -3.74. The van der Waals surface area contributed by atoms with Crippen LogP contribution in [0.3, 0.4) is 0 Å². The van der Waals surface area contributed by atoms with Gasteiger partial charge >= 0.3 is 5.97 Å². The number of aliphatic carboxylic acids is 1. The topological polar surface area (TPSA) is 87.0 Å². The summed E-state index contributed by atoms with van der Waals surface area (Å²) in [4.78, 5) is 12.3. The van der Waals surface area contributed by atoms with E-state index >= 15 is 0 Å². The Balaban J connectivity index is 2.63. The van der Waals surface area contributed by atoms with Crippen molar-refractivity contribution < 1.29 is 18.3 Å². The molecule has 0 aliphatic carbocycles. The van der Waals surface area contributed by atoms with E-state index in [1.54, 1.807) is 12.1 Å². The molecule has 1 N–H and O–H groups in total. The predicted molar refractivity (Wildman–Crippen MR) is 69.4 cm³/mol. The van der Waals surface area contributed by atoms with E-state index in [1.807, 2.05) is 0 Å². The first-order valence-corrected chi connectivity index (χ1v) is 7.17. The zero-order valence-electron chi connectivity index (χ0n) is 9.24. The highest BCUT2D eigenvalue weighted by molar-refractivity contribution is 9.10. The molecule has 0 spiro atoms. The summed E-state index contributed by atoms with van der Waals surface area (Å²) < 4.78 is 27.5. The van der Waals surface area contributed by atoms with Crippen LogP contribution in [0, 0.1) is 0 Å². The minimum atomic E-state index is -3.74. The van der Waals surface area contributed by atoms with Crippen LogP contribution in [0.5, 0.6) is 0 Å². The molecule has 96 valence electrons. The molecule has 0 saturated heterocycles. The van der Waals surface area contributed by atoms with Crippen LogP contribution in [0.4, 0.5) is 5.69 Å². The highest BCUT2D eigenvalue weighted by Gasteiger charge is 2.30. The normalized spacial score (nSPS) is 18.2. The van der Waals surface area contributed by atoms with Gasteiger partial charge in [0.15, 0.2) is 0 Å². The van der Waals surface area contributed by atoms with Gasteiger partial charge < -0.3 is 10.0 Å². The summed E-state index contributed by atoms with van der Waals surface area (Å²) in [5, 5.41) is 8.99. The van der Waals surface area contributed by atoms with Crippen molar-refractivity contribution >= 4 is 43.9 Å². The standard InChI is InChI=1S/C10H9BrN2O4S/c1-6(10(14)15)13-5-12-18(16,17)9-3-2-7(11)4-8(9)13/h2-6H,1H3,(H,14,15). The molecule has 2 rings (SSSR count). The first-order valence-electron chi connectivity index (χ1n) is 4.94. The van der Waals surface area contributed by atoms with Gasteiger partial charge in [-0.05, 0) is 25.1 Å². The molecule has 18 heavy (non-hydrogen) atoms. The molecule has 0 radical (unpaired) electrons. The first kappa shape index (κ1) is 13.0. The lowest BCUT2D eigenvalue weighted by atomic mass is 10.2. The van der Waals surface area contributed by atoms with Crippen molar-refractivity contribution in [1.82, 2.24) is 0 Å². The minimum absolute atomic E-state index is 0.00120. The molecule has 1 aliphatic rings. The zero-order valence-corrected chi connectivity index (χ0v) is 11.6. The van der Waals surface area contributed by atoms with E-state index in [0.717, 1.165) is 6.34 Å². The number of halogens is 1. The molecule has 1 aliphatic heterocycles. The van der Waals surface area contributed by atoms with Gasteiger partial charge in [-0.25, -0.2) is 4.79 Å². The molecule has 1 heterocycles. The van der Waals surface area contributed by atoms with E-state index in [4.69, 9.17) is 5.11 Å². The third kappa shape index (κ3) is 2.13. The number of rotatable bonds is 2. The number of carbonyl (C=O) groups is 1. The molecule has 0 amide bonds. The molecule has 8 heteroatoms. The van der Waals surface area contributed by atoms with Crippen LogP contribution in [0.1, 0.15) is 6.92 Å². The van der Waals surface area contributed by atoms with Crippen LogP contribution in [0.15, 0.2) is 32.0 Å². The lowest BCUT2D eigenvalue weighted by Crippen LogP contribution is -2.40. The molecule has 0 bridgehead atoms. The predicted octanol–water partition coefficient (Wildman–Crippen LogP) is 1.46. The minimum Gasteiger partial charge on any atom is -0.480 e. The van der Waals surface area contributed by atoms with Crippen LogP contribution in [0.25, 0.3) is 0 Å². The summed E-state index contributed by atoms with van der Waals surface area (Å²) in [6, 6.07) is 3.61. The van der Waals surface area contributed by atoms with Gasteiger partial charge in [-0.2, -0.15) is 8.42 Å². The van der Waals surface area contributed by atoms with Crippen molar-refractivity contribution in [1.29, 1.82) is 0 Å². The van der Waals surface area contributed by atoms with Crippen molar-refractivity contribution in [3.63, 3.8) is 0 Å². The average Bonchev–Trinajstić information content (AvgIpc) is 2.27. The first-order chi connectivity index (χ1) is 8.33. The Morgan fingerprint density at radius 2 is 2.17 bits per heavy atom. The number of hydrogen-bond acceptors (Lipinski definition) is 4. The molecule has 1 unspecified atom stereocenters. The van der Waals surface area contributed by atoms with Crippen molar-refractivity contribution in [3.05, 3.63) is 22.7 Å². The number of anilines is 1. The number of carboxylic acid groups (broad SMARTS) is 1. The Hall–Kier alpha value is -1.41. The molecule has 1 aromatic rings. The monoisotopic (exact) mass is 332 g/mol. The van der Waals surface area contributed by atoms with Gasteiger partial charge in [0.1, 0.15) is 17.3 Å². The lowest BCUT2D eigenvalue weighted by molar-refractivity contribution is -0.137. The zero-order chi connectivity index (χ0) is 13.5. The smallest absolute Gasteiger partial charge is 0.326 e. The van der Waals surface area contributed by atoms with Crippen LogP contribution < -0.4 is 4.90 Å². The quantitative estimate of drug-likeness (QED) is 0.885. The summed E-state index contributed by atoms with van der Waals surface area (Å²) in [5.74, 6) is -1.06. The largest absolute Gasteiger partial charge is 0.480 e. The van der Waals surface area contributed by atoms with E-state index < -0.39 is 22.0 Å². The highest BCUT2D eigenvalue weighted by Crippen LogP contribution is 2.33. The van der Waals surface area contributed by atoms with E-state index in [2.05, 4.69) is 20.3 Å². The number of hydrogen-bond donors (Lipinski definition) is 1. The van der Waals surface area contributed by atoms with Gasteiger partial charge in [-0.1, -0.05) is 15.9 Å². The van der Waals surface area contributed by atoms with Crippen molar-refractivity contribution in [3.8, 4) is 0 Å². The van der Waals surface area contributed by atoms with Crippen molar-refractivity contribution in [2.75, 3.05) is 4.90 Å². The SMILES string of the molecule is CC(C(=O)O)N1C=NS(=O)(=O)c2ccc(Br)cc21. The summed E-state index contributed by atoms with van der Waals surface area (Å²) in [6.07, 6.45) is 1.03. The average molecular weight is 333 g/mol. The Kier molecular flexibility index (Phi) is 3.16. The second-order valence-corrected chi connectivity index (χ2v) is 6.25. The van der Waals surface area contributed by atoms with Gasteiger partial charge in [0, 0.05) is 4.47 Å². The van der Waals surface area contributed by atoms with E-state index in [0.29, 0.717) is 10.2 Å². The molecule has 0 saturated carbocycles. The molecular weight excluding hydrogens is 324 g/mol. The van der Waals surface area contributed by atoms with E-state index in [-0.39, 0.29) is 4.90 Å². The second-order valence-electron chi connectivity index (χ2n) is 3.73. The van der Waals surface area contributed by atoms with Gasteiger partial charge in [0.05, 0.1) is 5.69 Å². The number of carboxylic acids is 1. The van der Waals surface area contributed by atoms with E-state index in [9.17, 15) is 13.2 Å². The van der Waals surface area contributed by atoms with Crippen LogP contribution in [-0.4, -0.2) is 31.9 Å². The maximum Gasteiger partial charge on any atom is 0.326 e. The fourth-order valence-corrected chi connectivity index (χ4v) is 2.93.